The van der Waals surface area contributed by atoms with E-state index in [4.69, 9.17) is 9.55 Å². The van der Waals surface area contributed by atoms with E-state index < -0.39 is 10.1 Å². The summed E-state index contributed by atoms with van der Waals surface area (Å²) in [7, 11) is 0.358. The summed E-state index contributed by atoms with van der Waals surface area (Å²) in [5, 5.41) is 7.52. The zero-order valence-corrected chi connectivity index (χ0v) is 31.5. The van der Waals surface area contributed by atoms with Gasteiger partial charge in [0.15, 0.2) is 0 Å². The summed E-state index contributed by atoms with van der Waals surface area (Å²) in [6.07, 6.45) is 4.72. The van der Waals surface area contributed by atoms with Crippen molar-refractivity contribution in [2.75, 3.05) is 23.9 Å². The van der Waals surface area contributed by atoms with Crippen LogP contribution in [0.4, 0.5) is 17.1 Å². The van der Waals surface area contributed by atoms with Crippen LogP contribution in [0.2, 0.25) is 0 Å². The highest BCUT2D eigenvalue weighted by Gasteiger charge is 2.29. The fourth-order valence-electron chi connectivity index (χ4n) is 6.90. The van der Waals surface area contributed by atoms with Crippen LogP contribution >= 0.6 is 23.5 Å². The third-order valence-electron chi connectivity index (χ3n) is 9.48. The first kappa shape index (κ1) is 34.0. The van der Waals surface area contributed by atoms with E-state index in [1.807, 2.05) is 30.4 Å². The molecule has 0 spiro atoms. The van der Waals surface area contributed by atoms with Gasteiger partial charge in [-0.25, -0.2) is 0 Å². The number of fused-ring (bicyclic) bond motifs is 7. The summed E-state index contributed by atoms with van der Waals surface area (Å²) >= 11 is 3.68. The molecule has 9 heteroatoms. The van der Waals surface area contributed by atoms with Gasteiger partial charge >= 0.3 is 0 Å². The van der Waals surface area contributed by atoms with Gasteiger partial charge in [-0.15, -0.1) is 0 Å². The van der Waals surface area contributed by atoms with E-state index in [0.29, 0.717) is 0 Å². The fraction of sp³-hybridized carbons (Fsp3) is 0.0930. The number of para-hydroxylation sites is 1. The Morgan fingerprint density at radius 1 is 0.654 bits per heavy atom. The highest BCUT2D eigenvalue weighted by molar-refractivity contribution is 8.04. The van der Waals surface area contributed by atoms with Crippen LogP contribution in [0.1, 0.15) is 18.1 Å². The molecule has 3 aliphatic rings. The predicted molar refractivity (Wildman–Crippen MR) is 220 cm³/mol. The van der Waals surface area contributed by atoms with Crippen molar-refractivity contribution in [1.29, 1.82) is 0 Å². The number of benzene rings is 6. The van der Waals surface area contributed by atoms with Crippen LogP contribution in [0.3, 0.4) is 0 Å². The molecule has 6 aromatic carbocycles. The Hall–Kier alpha value is -5.06. The lowest BCUT2D eigenvalue weighted by Gasteiger charge is -2.18. The van der Waals surface area contributed by atoms with Gasteiger partial charge in [0.2, 0.25) is 0 Å². The van der Waals surface area contributed by atoms with E-state index in [9.17, 15) is 8.42 Å². The van der Waals surface area contributed by atoms with Gasteiger partial charge in [-0.1, -0.05) is 120 Å². The minimum atomic E-state index is -4.02. The maximum Gasteiger partial charge on any atom is 0.294 e. The lowest BCUT2D eigenvalue weighted by molar-refractivity contribution is 0.483. The second kappa shape index (κ2) is 13.5. The second-order valence-electron chi connectivity index (χ2n) is 12.9. The Morgan fingerprint density at radius 2 is 1.15 bits per heavy atom. The summed E-state index contributed by atoms with van der Waals surface area (Å²) in [5.74, 6) is 0. The quantitative estimate of drug-likeness (QED) is 0.181. The zero-order valence-electron chi connectivity index (χ0n) is 29.0. The molecular weight excluding hydrogens is 703 g/mol. The lowest BCUT2D eigenvalue weighted by Crippen LogP contribution is -2.12. The molecule has 6 nitrogen and oxygen atoms in total. The highest BCUT2D eigenvalue weighted by atomic mass is 32.2. The van der Waals surface area contributed by atoms with E-state index in [1.54, 1.807) is 12.1 Å². The van der Waals surface area contributed by atoms with Gasteiger partial charge in [-0.3, -0.25) is 9.55 Å². The summed E-state index contributed by atoms with van der Waals surface area (Å²) < 4.78 is 29.6. The SMILES string of the molecule is CC1=Nc2ccccc2C1=C(C=C1Sc2ccc3ccccc3c2N1C)C=C1Sc2ccc3ccccc3c2N1C.Cc1ccc(S(=O)(=O)O)cc1. The molecule has 6 aromatic rings. The summed E-state index contributed by atoms with van der Waals surface area (Å²) in [5.41, 5.74) is 9.17. The normalized spacial score (nSPS) is 16.2. The smallest absolute Gasteiger partial charge is 0.294 e. The molecule has 0 fully saturated rings. The van der Waals surface area contributed by atoms with E-state index in [-0.39, 0.29) is 4.90 Å². The Balaban J connectivity index is 0.000000304. The molecular formula is C43H35N3O3S3. The van der Waals surface area contributed by atoms with E-state index in [2.05, 4.69) is 140 Å². The third-order valence-corrected chi connectivity index (χ3v) is 12.6. The molecule has 0 radical (unpaired) electrons. The molecule has 0 aliphatic carbocycles. The number of aliphatic imine (C=N–C) groups is 1. The Kier molecular flexibility index (Phi) is 8.83. The Bertz CT molecular complexity index is 2550. The van der Waals surface area contributed by atoms with Gasteiger partial charge < -0.3 is 9.80 Å². The summed E-state index contributed by atoms with van der Waals surface area (Å²) in [6, 6.07) is 40.8. The molecule has 3 aliphatic heterocycles. The summed E-state index contributed by atoms with van der Waals surface area (Å²) in [4.78, 5) is 12.2. The van der Waals surface area contributed by atoms with Crippen molar-refractivity contribution in [3.63, 3.8) is 0 Å². The molecule has 258 valence electrons. The van der Waals surface area contributed by atoms with Crippen molar-refractivity contribution in [1.82, 2.24) is 0 Å². The highest BCUT2D eigenvalue weighted by Crippen LogP contribution is 2.52. The van der Waals surface area contributed by atoms with Crippen molar-refractivity contribution in [2.24, 2.45) is 4.99 Å². The van der Waals surface area contributed by atoms with Crippen LogP contribution in [0.25, 0.3) is 27.1 Å². The molecule has 52 heavy (non-hydrogen) atoms. The molecule has 0 bridgehead atoms. The summed E-state index contributed by atoms with van der Waals surface area (Å²) in [6.45, 7) is 3.97. The first-order chi connectivity index (χ1) is 25.1. The van der Waals surface area contributed by atoms with Crippen LogP contribution in [0.15, 0.2) is 169 Å². The largest absolute Gasteiger partial charge is 0.338 e. The van der Waals surface area contributed by atoms with Gasteiger partial charge in [0.25, 0.3) is 10.1 Å². The van der Waals surface area contributed by atoms with E-state index >= 15 is 0 Å². The zero-order chi connectivity index (χ0) is 36.1. The van der Waals surface area contributed by atoms with Crippen LogP contribution < -0.4 is 9.80 Å². The lowest BCUT2D eigenvalue weighted by atomic mass is 9.97. The van der Waals surface area contributed by atoms with Crippen molar-refractivity contribution in [3.8, 4) is 0 Å². The molecule has 0 saturated carbocycles. The topological polar surface area (TPSA) is 73.2 Å². The number of hydrogen-bond acceptors (Lipinski definition) is 7. The number of nitrogens with zero attached hydrogens (tertiary/aromatic N) is 3. The molecule has 0 atom stereocenters. The minimum Gasteiger partial charge on any atom is -0.338 e. The third kappa shape index (κ3) is 6.24. The van der Waals surface area contributed by atoms with Crippen molar-refractivity contribution in [2.45, 2.75) is 28.5 Å². The van der Waals surface area contributed by atoms with Gasteiger partial charge in [0, 0.05) is 51.5 Å². The van der Waals surface area contributed by atoms with Gasteiger partial charge in [-0.05, 0) is 72.7 Å². The van der Waals surface area contributed by atoms with Gasteiger partial charge in [0.05, 0.1) is 32.0 Å². The number of allylic oxidation sites excluding steroid dienone is 4. The van der Waals surface area contributed by atoms with E-state index in [1.165, 1.54) is 81.6 Å². The molecule has 1 N–H and O–H groups in total. The Morgan fingerprint density at radius 3 is 1.69 bits per heavy atom. The molecule has 0 aromatic heterocycles. The molecule has 0 saturated heterocycles. The maximum atomic E-state index is 10.5. The number of aryl methyl sites for hydroxylation is 1. The molecule has 0 unspecified atom stereocenters. The first-order valence-electron chi connectivity index (χ1n) is 16.8. The van der Waals surface area contributed by atoms with Gasteiger partial charge in [-0.2, -0.15) is 8.42 Å². The standard InChI is InChI=1S/C36H27N3S2.C7H8O3S/c1-22-34(28-14-8-9-15-29(28)37-22)25(20-32-38(2)35-26-12-6-4-10-23(26)16-18-30(35)40-32)21-33-39(3)36-27-13-7-5-11-24(27)17-19-31(36)41-33;1-6-2-4-7(5-3-6)11(8,9)10/h4-21H,1-3H3;2-5H,1H3,(H,8,9,10). The average molecular weight is 738 g/mol. The number of rotatable bonds is 3. The number of thioether (sulfide) groups is 2. The predicted octanol–water partition coefficient (Wildman–Crippen LogP) is 11.3. The number of hydrogen-bond donors (Lipinski definition) is 1. The van der Waals surface area contributed by atoms with Crippen LogP contribution in [0, 0.1) is 6.92 Å². The van der Waals surface area contributed by atoms with Crippen LogP contribution in [-0.4, -0.2) is 32.8 Å². The molecule has 9 rings (SSSR count). The van der Waals surface area contributed by atoms with Crippen molar-refractivity contribution in [3.05, 3.63) is 160 Å². The van der Waals surface area contributed by atoms with Crippen molar-refractivity contribution < 1.29 is 13.0 Å². The minimum absolute atomic E-state index is 0.0666. The van der Waals surface area contributed by atoms with Crippen LogP contribution in [0.5, 0.6) is 0 Å². The number of anilines is 2. The Labute approximate surface area is 312 Å². The van der Waals surface area contributed by atoms with Gasteiger partial charge in [0.1, 0.15) is 0 Å². The van der Waals surface area contributed by atoms with Crippen molar-refractivity contribution >= 4 is 83.5 Å². The fourth-order valence-corrected chi connectivity index (χ4v) is 9.62. The van der Waals surface area contributed by atoms with E-state index in [0.717, 1.165) is 17.0 Å². The van der Waals surface area contributed by atoms with Crippen LogP contribution in [-0.2, 0) is 10.1 Å². The molecule has 0 amide bonds. The first-order valence-corrected chi connectivity index (χ1v) is 19.9. The maximum absolute atomic E-state index is 10.5. The average Bonchev–Trinajstić information content (AvgIpc) is 3.77. The second-order valence-corrected chi connectivity index (χ2v) is 16.4. The monoisotopic (exact) mass is 737 g/mol. The molecule has 3 heterocycles.